The lowest BCUT2D eigenvalue weighted by Gasteiger charge is -2.22. The van der Waals surface area contributed by atoms with Crippen molar-refractivity contribution in [3.63, 3.8) is 0 Å². The van der Waals surface area contributed by atoms with Gasteiger partial charge in [-0.3, -0.25) is 9.47 Å². The van der Waals surface area contributed by atoms with Crippen molar-refractivity contribution in [3.05, 3.63) is 34.7 Å². The fourth-order valence-corrected chi connectivity index (χ4v) is 3.02. The third-order valence-corrected chi connectivity index (χ3v) is 3.98. The molecule has 3 rings (SSSR count). The molecule has 1 fully saturated rings. The molecular formula is C14H19N3O. The fraction of sp³-hybridized carbons (Fsp3) is 0.500. The summed E-state index contributed by atoms with van der Waals surface area (Å²) in [6, 6.07) is 8.42. The number of benzene rings is 1. The van der Waals surface area contributed by atoms with E-state index < -0.39 is 0 Å². The Hall–Kier alpha value is -1.55. The third-order valence-electron chi connectivity index (χ3n) is 3.98. The lowest BCUT2D eigenvalue weighted by molar-refractivity contribution is 0.244. The van der Waals surface area contributed by atoms with Crippen LogP contribution in [0.1, 0.15) is 19.8 Å². The van der Waals surface area contributed by atoms with Gasteiger partial charge in [-0.2, -0.15) is 0 Å². The van der Waals surface area contributed by atoms with Crippen LogP contribution in [-0.4, -0.2) is 33.6 Å². The van der Waals surface area contributed by atoms with E-state index in [2.05, 4.69) is 16.8 Å². The van der Waals surface area contributed by atoms with E-state index in [1.165, 1.54) is 12.8 Å². The summed E-state index contributed by atoms with van der Waals surface area (Å²) in [7, 11) is 0. The fourth-order valence-electron chi connectivity index (χ4n) is 3.02. The van der Waals surface area contributed by atoms with E-state index in [0.717, 1.165) is 30.7 Å². The minimum Gasteiger partial charge on any atom is -0.306 e. The van der Waals surface area contributed by atoms with Crippen LogP contribution in [0.15, 0.2) is 29.1 Å². The number of H-pyrrole nitrogens is 1. The number of fused-ring (bicyclic) bond motifs is 1. The Balaban J connectivity index is 1.95. The Morgan fingerprint density at radius 3 is 3.06 bits per heavy atom. The maximum absolute atomic E-state index is 12.0. The highest BCUT2D eigenvalue weighted by Gasteiger charge is 2.24. The SMILES string of the molecule is CCN1CCC[C@H]1Cn1c(=O)[nH]c2ccccc21. The highest BCUT2D eigenvalue weighted by Crippen LogP contribution is 2.19. The summed E-state index contributed by atoms with van der Waals surface area (Å²) in [5.41, 5.74) is 1.97. The molecule has 96 valence electrons. The number of rotatable bonds is 3. The van der Waals surface area contributed by atoms with Crippen molar-refractivity contribution < 1.29 is 0 Å². The first kappa shape index (κ1) is 11.5. The molecule has 1 aliphatic heterocycles. The number of hydrogen-bond acceptors (Lipinski definition) is 2. The van der Waals surface area contributed by atoms with Crippen LogP contribution in [0.4, 0.5) is 0 Å². The minimum atomic E-state index is 0.0131. The summed E-state index contributed by atoms with van der Waals surface area (Å²) in [5.74, 6) is 0. The van der Waals surface area contributed by atoms with Gasteiger partial charge in [0.15, 0.2) is 0 Å². The number of imidazole rings is 1. The Morgan fingerprint density at radius 1 is 1.39 bits per heavy atom. The smallest absolute Gasteiger partial charge is 0.306 e. The Morgan fingerprint density at radius 2 is 2.22 bits per heavy atom. The van der Waals surface area contributed by atoms with Gasteiger partial charge in [0.05, 0.1) is 11.0 Å². The molecule has 1 aromatic carbocycles. The van der Waals surface area contributed by atoms with Crippen molar-refractivity contribution in [1.29, 1.82) is 0 Å². The number of aromatic nitrogens is 2. The molecule has 1 atom stereocenters. The zero-order valence-electron chi connectivity index (χ0n) is 10.7. The molecule has 1 saturated heterocycles. The molecule has 4 heteroatoms. The van der Waals surface area contributed by atoms with E-state index in [1.807, 2.05) is 28.8 Å². The van der Waals surface area contributed by atoms with Crippen LogP contribution in [0.5, 0.6) is 0 Å². The molecule has 0 spiro atoms. The van der Waals surface area contributed by atoms with Gasteiger partial charge >= 0.3 is 5.69 Å². The number of likely N-dealkylation sites (N-methyl/N-ethyl adjacent to an activating group) is 1. The van der Waals surface area contributed by atoms with Crippen LogP contribution in [0.2, 0.25) is 0 Å². The van der Waals surface area contributed by atoms with Crippen LogP contribution in [0.25, 0.3) is 11.0 Å². The topological polar surface area (TPSA) is 41.0 Å². The summed E-state index contributed by atoms with van der Waals surface area (Å²) >= 11 is 0. The summed E-state index contributed by atoms with van der Waals surface area (Å²) in [5, 5.41) is 0. The van der Waals surface area contributed by atoms with Gasteiger partial charge in [0.2, 0.25) is 0 Å². The van der Waals surface area contributed by atoms with Gasteiger partial charge in [-0.05, 0) is 38.1 Å². The number of nitrogens with one attached hydrogen (secondary N) is 1. The average Bonchev–Trinajstić information content (AvgIpc) is 2.95. The quantitative estimate of drug-likeness (QED) is 0.896. The maximum Gasteiger partial charge on any atom is 0.326 e. The summed E-state index contributed by atoms with van der Waals surface area (Å²) in [4.78, 5) is 17.4. The van der Waals surface area contributed by atoms with Gasteiger partial charge in [0.25, 0.3) is 0 Å². The van der Waals surface area contributed by atoms with E-state index in [4.69, 9.17) is 0 Å². The lowest BCUT2D eigenvalue weighted by Crippen LogP contribution is -2.35. The number of nitrogens with zero attached hydrogens (tertiary/aromatic N) is 2. The average molecular weight is 245 g/mol. The van der Waals surface area contributed by atoms with Gasteiger partial charge in [-0.15, -0.1) is 0 Å². The van der Waals surface area contributed by atoms with Crippen molar-refractivity contribution in [2.45, 2.75) is 32.4 Å². The third kappa shape index (κ3) is 1.86. The van der Waals surface area contributed by atoms with Crippen molar-refractivity contribution in [3.8, 4) is 0 Å². The van der Waals surface area contributed by atoms with Crippen LogP contribution in [-0.2, 0) is 6.54 Å². The highest BCUT2D eigenvalue weighted by molar-refractivity contribution is 5.74. The van der Waals surface area contributed by atoms with Crippen molar-refractivity contribution in [1.82, 2.24) is 14.5 Å². The largest absolute Gasteiger partial charge is 0.326 e. The van der Waals surface area contributed by atoms with Crippen molar-refractivity contribution in [2.24, 2.45) is 0 Å². The van der Waals surface area contributed by atoms with Crippen LogP contribution in [0.3, 0.4) is 0 Å². The predicted octanol–water partition coefficient (Wildman–Crippen LogP) is 1.81. The van der Waals surface area contributed by atoms with E-state index in [1.54, 1.807) is 0 Å². The number of para-hydroxylation sites is 2. The number of hydrogen-bond donors (Lipinski definition) is 1. The number of aromatic amines is 1. The molecular weight excluding hydrogens is 226 g/mol. The zero-order chi connectivity index (χ0) is 12.5. The summed E-state index contributed by atoms with van der Waals surface area (Å²) in [6.45, 7) is 5.23. The molecule has 1 aliphatic rings. The molecule has 0 saturated carbocycles. The van der Waals surface area contributed by atoms with Gasteiger partial charge < -0.3 is 4.98 Å². The van der Waals surface area contributed by atoms with Crippen LogP contribution >= 0.6 is 0 Å². The molecule has 0 amide bonds. The van der Waals surface area contributed by atoms with E-state index in [0.29, 0.717) is 6.04 Å². The minimum absolute atomic E-state index is 0.0131. The second kappa shape index (κ2) is 4.61. The molecule has 0 radical (unpaired) electrons. The molecule has 1 N–H and O–H groups in total. The molecule has 0 aliphatic carbocycles. The first-order valence-corrected chi connectivity index (χ1v) is 6.71. The van der Waals surface area contributed by atoms with Gasteiger partial charge in [-0.25, -0.2) is 4.79 Å². The molecule has 4 nitrogen and oxygen atoms in total. The Bertz CT molecular complexity index is 598. The second-order valence-electron chi connectivity index (χ2n) is 4.98. The van der Waals surface area contributed by atoms with Crippen molar-refractivity contribution >= 4 is 11.0 Å². The zero-order valence-corrected chi connectivity index (χ0v) is 10.7. The lowest BCUT2D eigenvalue weighted by atomic mass is 10.2. The first-order valence-electron chi connectivity index (χ1n) is 6.71. The number of likely N-dealkylation sites (tertiary alicyclic amines) is 1. The monoisotopic (exact) mass is 245 g/mol. The standard InChI is InChI=1S/C14H19N3O/c1-2-16-9-5-6-11(16)10-17-13-8-4-3-7-12(13)15-14(17)18/h3-4,7-8,11H,2,5-6,9-10H2,1H3,(H,15,18)/t11-/m0/s1. The first-order chi connectivity index (χ1) is 8.79. The molecule has 0 unspecified atom stereocenters. The molecule has 1 aromatic heterocycles. The molecule has 18 heavy (non-hydrogen) atoms. The van der Waals surface area contributed by atoms with E-state index in [9.17, 15) is 4.79 Å². The highest BCUT2D eigenvalue weighted by atomic mass is 16.1. The molecule has 2 heterocycles. The predicted molar refractivity (Wildman–Crippen MR) is 72.8 cm³/mol. The van der Waals surface area contributed by atoms with Crippen LogP contribution < -0.4 is 5.69 Å². The van der Waals surface area contributed by atoms with E-state index >= 15 is 0 Å². The summed E-state index contributed by atoms with van der Waals surface area (Å²) < 4.78 is 1.88. The normalized spacial score (nSPS) is 20.8. The van der Waals surface area contributed by atoms with Crippen LogP contribution in [0, 0.1) is 0 Å². The maximum atomic E-state index is 12.0. The van der Waals surface area contributed by atoms with Gasteiger partial charge in [0.1, 0.15) is 0 Å². The molecule has 2 aromatic rings. The Kier molecular flexibility index (Phi) is 2.96. The van der Waals surface area contributed by atoms with Gasteiger partial charge in [0, 0.05) is 12.6 Å². The summed E-state index contributed by atoms with van der Waals surface area (Å²) in [6.07, 6.45) is 2.44. The second-order valence-corrected chi connectivity index (χ2v) is 4.98. The van der Waals surface area contributed by atoms with Gasteiger partial charge in [-0.1, -0.05) is 19.1 Å². The Labute approximate surface area is 106 Å². The molecule has 0 bridgehead atoms. The van der Waals surface area contributed by atoms with Crippen molar-refractivity contribution in [2.75, 3.05) is 13.1 Å². The van der Waals surface area contributed by atoms with E-state index in [-0.39, 0.29) is 5.69 Å².